The summed E-state index contributed by atoms with van der Waals surface area (Å²) in [5.74, 6) is -0.800. The first-order valence-corrected chi connectivity index (χ1v) is 9.04. The van der Waals surface area contributed by atoms with Crippen LogP contribution >= 0.6 is 0 Å². The summed E-state index contributed by atoms with van der Waals surface area (Å²) in [4.78, 5) is 26.9. The van der Waals surface area contributed by atoms with Gasteiger partial charge in [-0.05, 0) is 60.0 Å². The van der Waals surface area contributed by atoms with E-state index in [4.69, 9.17) is 4.74 Å². The molecule has 1 aliphatic heterocycles. The summed E-state index contributed by atoms with van der Waals surface area (Å²) in [5.41, 5.74) is 2.98. The molecule has 0 aliphatic carbocycles. The minimum absolute atomic E-state index is 0.0595. The normalized spacial score (nSPS) is 15.8. The lowest BCUT2D eigenvalue weighted by Gasteiger charge is -2.35. The number of hydrogen-bond acceptors (Lipinski definition) is 6. The van der Waals surface area contributed by atoms with E-state index in [1.165, 1.54) is 11.0 Å². The molecule has 2 aromatic carbocycles. The smallest absolute Gasteiger partial charge is 0.338 e. The number of carbonyl (C=O) groups excluding carboxylic acids is 2. The zero-order chi connectivity index (χ0) is 19.5. The van der Waals surface area contributed by atoms with Gasteiger partial charge < -0.3 is 9.64 Å². The van der Waals surface area contributed by atoms with Gasteiger partial charge in [0.05, 0.1) is 11.3 Å². The summed E-state index contributed by atoms with van der Waals surface area (Å²) in [6.07, 6.45) is 3.25. The van der Waals surface area contributed by atoms with Crippen LogP contribution in [0.5, 0.6) is 0 Å². The van der Waals surface area contributed by atoms with Crippen LogP contribution in [-0.2, 0) is 16.0 Å². The van der Waals surface area contributed by atoms with Crippen LogP contribution in [0.2, 0.25) is 0 Å². The lowest BCUT2D eigenvalue weighted by molar-refractivity contribution is -0.122. The lowest BCUT2D eigenvalue weighted by Crippen LogP contribution is -2.44. The largest absolute Gasteiger partial charge is 0.452 e. The molecule has 1 amide bonds. The number of hydrogen-bond donors (Lipinski definition) is 0. The Kier molecular flexibility index (Phi) is 4.84. The zero-order valence-electron chi connectivity index (χ0n) is 15.4. The second kappa shape index (κ2) is 7.59. The zero-order valence-corrected chi connectivity index (χ0v) is 15.4. The maximum absolute atomic E-state index is 12.8. The maximum Gasteiger partial charge on any atom is 0.338 e. The average Bonchev–Trinajstić information content (AvgIpc) is 3.27. The number of amides is 1. The molecule has 4 rings (SSSR count). The van der Waals surface area contributed by atoms with Crippen LogP contribution in [0, 0.1) is 0 Å². The molecule has 28 heavy (non-hydrogen) atoms. The molecule has 1 atom stereocenters. The molecule has 0 saturated heterocycles. The molecule has 0 N–H and O–H groups in total. The Bertz CT molecular complexity index is 1000. The molecule has 0 saturated carbocycles. The van der Waals surface area contributed by atoms with Crippen LogP contribution < -0.4 is 4.90 Å². The molecule has 8 heteroatoms. The number of aryl methyl sites for hydroxylation is 1. The summed E-state index contributed by atoms with van der Waals surface area (Å²) < 4.78 is 6.73. The quantitative estimate of drug-likeness (QED) is 0.648. The fourth-order valence-corrected chi connectivity index (χ4v) is 3.40. The molecule has 0 bridgehead atoms. The van der Waals surface area contributed by atoms with Crippen LogP contribution in [0.15, 0.2) is 54.9 Å². The molecule has 0 fully saturated rings. The first-order chi connectivity index (χ1) is 13.6. The Labute approximate surface area is 161 Å². The van der Waals surface area contributed by atoms with Crippen molar-refractivity contribution in [1.82, 2.24) is 20.2 Å². The van der Waals surface area contributed by atoms with E-state index in [-0.39, 0.29) is 18.6 Å². The Morgan fingerprint density at radius 3 is 2.86 bits per heavy atom. The van der Waals surface area contributed by atoms with Crippen LogP contribution in [0.4, 0.5) is 5.69 Å². The van der Waals surface area contributed by atoms with Gasteiger partial charge >= 0.3 is 5.97 Å². The minimum atomic E-state index is -0.568. The van der Waals surface area contributed by atoms with Crippen molar-refractivity contribution in [1.29, 1.82) is 0 Å². The topological polar surface area (TPSA) is 90.2 Å². The molecule has 2 heterocycles. The first-order valence-electron chi connectivity index (χ1n) is 9.04. The number of aromatic nitrogens is 4. The second-order valence-corrected chi connectivity index (χ2v) is 6.66. The fourth-order valence-electron chi connectivity index (χ4n) is 3.40. The standard InChI is InChI=1S/C20H19N5O3/c1-14-9-10-15-5-2-3-8-18(15)25(14)19(26)12-28-20(27)16-6-4-7-17(11-16)24-13-21-22-23-24/h2-8,11,13-14H,9-10,12H2,1H3. The number of fused-ring (bicyclic) bond motifs is 1. The van der Waals surface area contributed by atoms with Crippen molar-refractivity contribution >= 4 is 17.6 Å². The van der Waals surface area contributed by atoms with Gasteiger partial charge in [0.1, 0.15) is 6.33 Å². The van der Waals surface area contributed by atoms with Crippen LogP contribution in [-0.4, -0.2) is 44.7 Å². The van der Waals surface area contributed by atoms with Crippen molar-refractivity contribution < 1.29 is 14.3 Å². The van der Waals surface area contributed by atoms with E-state index in [9.17, 15) is 9.59 Å². The highest BCUT2D eigenvalue weighted by atomic mass is 16.5. The van der Waals surface area contributed by atoms with Gasteiger partial charge in [-0.15, -0.1) is 5.10 Å². The van der Waals surface area contributed by atoms with Crippen molar-refractivity contribution in [3.05, 3.63) is 66.0 Å². The summed E-state index contributed by atoms with van der Waals surface area (Å²) in [7, 11) is 0. The molecule has 1 unspecified atom stereocenters. The highest BCUT2D eigenvalue weighted by Crippen LogP contribution is 2.30. The van der Waals surface area contributed by atoms with Gasteiger partial charge in [-0.3, -0.25) is 4.79 Å². The molecule has 0 spiro atoms. The first kappa shape index (κ1) is 17.8. The summed E-state index contributed by atoms with van der Waals surface area (Å²) in [6.45, 7) is 1.69. The average molecular weight is 377 g/mol. The SMILES string of the molecule is CC1CCc2ccccc2N1C(=O)COC(=O)c1cccc(-n2cnnn2)c1. The van der Waals surface area contributed by atoms with Crippen molar-refractivity contribution in [2.45, 2.75) is 25.8 Å². The van der Waals surface area contributed by atoms with Crippen LogP contribution in [0.1, 0.15) is 29.3 Å². The molecule has 142 valence electrons. The number of para-hydroxylation sites is 1. The maximum atomic E-state index is 12.8. The number of tetrazole rings is 1. The monoisotopic (exact) mass is 377 g/mol. The van der Waals surface area contributed by atoms with E-state index in [2.05, 4.69) is 15.5 Å². The molecule has 8 nitrogen and oxygen atoms in total. The Morgan fingerprint density at radius 2 is 2.04 bits per heavy atom. The lowest BCUT2D eigenvalue weighted by atomic mass is 9.96. The van der Waals surface area contributed by atoms with E-state index in [0.717, 1.165) is 24.1 Å². The summed E-state index contributed by atoms with van der Waals surface area (Å²) in [6, 6.07) is 14.6. The molecule has 1 aromatic heterocycles. The highest BCUT2D eigenvalue weighted by molar-refractivity contribution is 5.98. The van der Waals surface area contributed by atoms with E-state index >= 15 is 0 Å². The molecule has 0 radical (unpaired) electrons. The number of ether oxygens (including phenoxy) is 1. The Hall–Kier alpha value is -3.55. The Morgan fingerprint density at radius 1 is 1.18 bits per heavy atom. The van der Waals surface area contributed by atoms with Crippen molar-refractivity contribution in [3.63, 3.8) is 0 Å². The van der Waals surface area contributed by atoms with E-state index in [1.807, 2.05) is 31.2 Å². The predicted molar refractivity (Wildman–Crippen MR) is 101 cm³/mol. The third-order valence-electron chi connectivity index (χ3n) is 4.81. The van der Waals surface area contributed by atoms with Crippen LogP contribution in [0.3, 0.4) is 0 Å². The van der Waals surface area contributed by atoms with Crippen molar-refractivity contribution in [2.75, 3.05) is 11.5 Å². The number of rotatable bonds is 4. The van der Waals surface area contributed by atoms with E-state index < -0.39 is 5.97 Å². The van der Waals surface area contributed by atoms with Gasteiger partial charge in [0, 0.05) is 11.7 Å². The molecule has 3 aromatic rings. The summed E-state index contributed by atoms with van der Waals surface area (Å²) >= 11 is 0. The van der Waals surface area contributed by atoms with Gasteiger partial charge in [0.25, 0.3) is 5.91 Å². The highest BCUT2D eigenvalue weighted by Gasteiger charge is 2.28. The Balaban J connectivity index is 1.45. The van der Waals surface area contributed by atoms with E-state index in [1.54, 1.807) is 29.2 Å². The molecular weight excluding hydrogens is 358 g/mol. The van der Waals surface area contributed by atoms with Gasteiger partial charge in [-0.2, -0.15) is 0 Å². The van der Waals surface area contributed by atoms with Crippen LogP contribution in [0.25, 0.3) is 5.69 Å². The minimum Gasteiger partial charge on any atom is -0.452 e. The molecule has 1 aliphatic rings. The summed E-state index contributed by atoms with van der Waals surface area (Å²) in [5, 5.41) is 10.9. The van der Waals surface area contributed by atoms with Crippen molar-refractivity contribution in [2.24, 2.45) is 0 Å². The van der Waals surface area contributed by atoms with Gasteiger partial charge in [-0.25, -0.2) is 9.48 Å². The number of benzene rings is 2. The second-order valence-electron chi connectivity index (χ2n) is 6.66. The predicted octanol–water partition coefficient (Wildman–Crippen LogP) is 2.19. The molecular formula is C20H19N5O3. The number of anilines is 1. The van der Waals surface area contributed by atoms with Gasteiger partial charge in [0.2, 0.25) is 0 Å². The van der Waals surface area contributed by atoms with Crippen molar-refractivity contribution in [3.8, 4) is 5.69 Å². The third-order valence-corrected chi connectivity index (χ3v) is 4.81. The fraction of sp³-hybridized carbons (Fsp3) is 0.250. The van der Waals surface area contributed by atoms with E-state index in [0.29, 0.717) is 11.3 Å². The third kappa shape index (κ3) is 3.48. The van der Waals surface area contributed by atoms with Gasteiger partial charge in [0.15, 0.2) is 6.61 Å². The number of carbonyl (C=O) groups is 2. The number of esters is 1. The van der Waals surface area contributed by atoms with Gasteiger partial charge in [-0.1, -0.05) is 24.3 Å². The number of nitrogens with zero attached hydrogens (tertiary/aromatic N) is 5.